The minimum Gasteiger partial charge on any atom is -0.497 e. The van der Waals surface area contributed by atoms with Gasteiger partial charge in [0.1, 0.15) is 18.3 Å². The van der Waals surface area contributed by atoms with Crippen LogP contribution in [0.5, 0.6) is 5.75 Å². The maximum Gasteiger partial charge on any atom is 0.264 e. The monoisotopic (exact) mass is 613 g/mol. The van der Waals surface area contributed by atoms with Crippen LogP contribution in [0.15, 0.2) is 108 Å². The van der Waals surface area contributed by atoms with Crippen LogP contribution in [0.3, 0.4) is 0 Å². The van der Waals surface area contributed by atoms with Gasteiger partial charge in [0.25, 0.3) is 10.0 Å². The minimum absolute atomic E-state index is 0.0494. The number of ether oxygens (including phenoxy) is 1. The first-order chi connectivity index (χ1) is 21.1. The van der Waals surface area contributed by atoms with E-state index < -0.39 is 28.5 Å². The Morgan fingerprint density at radius 3 is 2.07 bits per heavy atom. The van der Waals surface area contributed by atoms with E-state index >= 15 is 0 Å². The van der Waals surface area contributed by atoms with Crippen molar-refractivity contribution < 1.29 is 22.7 Å². The number of carbonyl (C=O) groups is 2. The van der Waals surface area contributed by atoms with Gasteiger partial charge in [-0.2, -0.15) is 0 Å². The largest absolute Gasteiger partial charge is 0.497 e. The van der Waals surface area contributed by atoms with Crippen molar-refractivity contribution >= 4 is 27.5 Å². The zero-order chi connectivity index (χ0) is 31.7. The molecule has 0 saturated heterocycles. The third kappa shape index (κ3) is 8.05. The molecule has 230 valence electrons. The van der Waals surface area contributed by atoms with Crippen LogP contribution in [0.4, 0.5) is 5.69 Å². The molecule has 0 fully saturated rings. The average molecular weight is 614 g/mol. The quantitative estimate of drug-likeness (QED) is 0.221. The SMILES string of the molecule is CCNC(=O)[C@H](Cc1ccccc1)N(Cc1ccc(C)cc1)C(=O)CN(c1cccc(OC)c1)S(=O)(=O)c1ccc(C)cc1. The van der Waals surface area contributed by atoms with Gasteiger partial charge in [-0.3, -0.25) is 13.9 Å². The van der Waals surface area contributed by atoms with Crippen molar-refractivity contribution in [1.29, 1.82) is 0 Å². The summed E-state index contributed by atoms with van der Waals surface area (Å²) in [5.41, 5.74) is 3.93. The van der Waals surface area contributed by atoms with Crippen molar-refractivity contribution in [2.24, 2.45) is 0 Å². The second-order valence-corrected chi connectivity index (χ2v) is 12.5. The molecule has 9 heteroatoms. The highest BCUT2D eigenvalue weighted by Crippen LogP contribution is 2.28. The number of amides is 2. The molecular formula is C35H39N3O5S. The summed E-state index contributed by atoms with van der Waals surface area (Å²) in [4.78, 5) is 29.5. The van der Waals surface area contributed by atoms with Gasteiger partial charge in [-0.15, -0.1) is 0 Å². The molecule has 0 aliphatic carbocycles. The predicted molar refractivity (Wildman–Crippen MR) is 173 cm³/mol. The van der Waals surface area contributed by atoms with Crippen molar-refractivity contribution in [3.05, 3.63) is 125 Å². The molecule has 4 aromatic carbocycles. The Balaban J connectivity index is 1.80. The highest BCUT2D eigenvalue weighted by atomic mass is 32.2. The van der Waals surface area contributed by atoms with Crippen molar-refractivity contribution in [2.75, 3.05) is 24.5 Å². The second-order valence-electron chi connectivity index (χ2n) is 10.6. The molecule has 0 spiro atoms. The Hall–Kier alpha value is -4.63. The Kier molecular flexibility index (Phi) is 10.8. The summed E-state index contributed by atoms with van der Waals surface area (Å²) in [7, 11) is -2.70. The zero-order valence-electron chi connectivity index (χ0n) is 25.6. The lowest BCUT2D eigenvalue weighted by Gasteiger charge is -2.34. The minimum atomic E-state index is -4.19. The number of rotatable bonds is 13. The van der Waals surface area contributed by atoms with Crippen LogP contribution < -0.4 is 14.4 Å². The maximum atomic E-state index is 14.4. The molecule has 1 atom stereocenters. The Labute approximate surface area is 260 Å². The summed E-state index contributed by atoms with van der Waals surface area (Å²) < 4.78 is 34.7. The number of aryl methyl sites for hydroxylation is 2. The summed E-state index contributed by atoms with van der Waals surface area (Å²) in [6, 6.07) is 29.4. The molecule has 0 unspecified atom stereocenters. The number of methoxy groups -OCH3 is 1. The molecule has 2 amide bonds. The lowest BCUT2D eigenvalue weighted by molar-refractivity contribution is -0.140. The van der Waals surface area contributed by atoms with Crippen molar-refractivity contribution in [3.8, 4) is 5.75 Å². The van der Waals surface area contributed by atoms with Gasteiger partial charge in [0, 0.05) is 25.6 Å². The fourth-order valence-corrected chi connectivity index (χ4v) is 6.27. The molecule has 0 aliphatic rings. The molecule has 44 heavy (non-hydrogen) atoms. The summed E-state index contributed by atoms with van der Waals surface area (Å²) in [5.74, 6) is -0.387. The Bertz CT molecular complexity index is 1660. The van der Waals surface area contributed by atoms with Gasteiger partial charge in [-0.1, -0.05) is 83.9 Å². The zero-order valence-corrected chi connectivity index (χ0v) is 26.4. The highest BCUT2D eigenvalue weighted by Gasteiger charge is 2.34. The third-order valence-corrected chi connectivity index (χ3v) is 9.11. The van der Waals surface area contributed by atoms with Crippen LogP contribution in [-0.4, -0.2) is 51.4 Å². The van der Waals surface area contributed by atoms with Crippen molar-refractivity contribution in [2.45, 2.75) is 44.7 Å². The molecule has 0 aliphatic heterocycles. The van der Waals surface area contributed by atoms with Gasteiger partial charge >= 0.3 is 0 Å². The molecule has 1 N–H and O–H groups in total. The normalized spacial score (nSPS) is 11.8. The average Bonchev–Trinajstić information content (AvgIpc) is 3.03. The van der Waals surface area contributed by atoms with Gasteiger partial charge < -0.3 is 15.0 Å². The van der Waals surface area contributed by atoms with Crippen LogP contribution in [0.2, 0.25) is 0 Å². The summed E-state index contributed by atoms with van der Waals surface area (Å²) in [6.07, 6.45) is 0.258. The number of hydrogen-bond donors (Lipinski definition) is 1. The maximum absolute atomic E-state index is 14.4. The van der Waals surface area contributed by atoms with Crippen LogP contribution in [0.25, 0.3) is 0 Å². The number of sulfonamides is 1. The molecule has 0 heterocycles. The number of likely N-dealkylation sites (N-methyl/N-ethyl adjacent to an activating group) is 1. The smallest absolute Gasteiger partial charge is 0.264 e. The first-order valence-corrected chi connectivity index (χ1v) is 16.0. The number of carbonyl (C=O) groups excluding carboxylic acids is 2. The van der Waals surface area contributed by atoms with Crippen LogP contribution in [0.1, 0.15) is 29.2 Å². The molecule has 4 aromatic rings. The van der Waals surface area contributed by atoms with E-state index in [0.717, 1.165) is 26.6 Å². The Morgan fingerprint density at radius 2 is 1.45 bits per heavy atom. The third-order valence-electron chi connectivity index (χ3n) is 7.32. The van der Waals surface area contributed by atoms with E-state index in [0.29, 0.717) is 12.3 Å². The molecular weight excluding hydrogens is 574 g/mol. The van der Waals surface area contributed by atoms with E-state index in [1.54, 1.807) is 36.4 Å². The van der Waals surface area contributed by atoms with Crippen LogP contribution in [0, 0.1) is 13.8 Å². The summed E-state index contributed by atoms with van der Waals surface area (Å²) in [6.45, 7) is 5.64. The molecule has 0 radical (unpaired) electrons. The molecule has 0 bridgehead atoms. The first-order valence-electron chi connectivity index (χ1n) is 14.5. The molecule has 4 rings (SSSR count). The number of anilines is 1. The molecule has 8 nitrogen and oxygen atoms in total. The van der Waals surface area contributed by atoms with Crippen molar-refractivity contribution in [1.82, 2.24) is 10.2 Å². The van der Waals surface area contributed by atoms with Gasteiger partial charge in [-0.05, 0) is 56.2 Å². The topological polar surface area (TPSA) is 96.0 Å². The fraction of sp³-hybridized carbons (Fsp3) is 0.257. The van der Waals surface area contributed by atoms with Gasteiger partial charge in [0.05, 0.1) is 17.7 Å². The van der Waals surface area contributed by atoms with Crippen LogP contribution >= 0.6 is 0 Å². The van der Waals surface area contributed by atoms with E-state index in [2.05, 4.69) is 5.32 Å². The summed E-state index contributed by atoms with van der Waals surface area (Å²) >= 11 is 0. The van der Waals surface area contributed by atoms with Gasteiger partial charge in [0.2, 0.25) is 11.8 Å². The lowest BCUT2D eigenvalue weighted by atomic mass is 10.0. The summed E-state index contributed by atoms with van der Waals surface area (Å²) in [5, 5.41) is 2.88. The second kappa shape index (κ2) is 14.7. The van der Waals surface area contributed by atoms with Crippen LogP contribution in [-0.2, 0) is 32.6 Å². The molecule has 0 saturated carbocycles. The molecule has 0 aromatic heterocycles. The first kappa shape index (κ1) is 32.3. The van der Waals surface area contributed by atoms with Crippen molar-refractivity contribution in [3.63, 3.8) is 0 Å². The van der Waals surface area contributed by atoms with Gasteiger partial charge in [-0.25, -0.2) is 8.42 Å². The van der Waals surface area contributed by atoms with Gasteiger partial charge in [0.15, 0.2) is 0 Å². The standard InChI is InChI=1S/C35H39N3O5S/c1-5-36-35(40)33(22-28-10-7-6-8-11-28)37(24-29-18-14-26(2)15-19-29)34(39)25-38(30-12-9-13-31(23-30)43-4)44(41,42)32-20-16-27(3)17-21-32/h6-21,23,33H,5,22,24-25H2,1-4H3,(H,36,40)/t33-/m0/s1. The highest BCUT2D eigenvalue weighted by molar-refractivity contribution is 7.92. The van der Waals surface area contributed by atoms with E-state index in [4.69, 9.17) is 4.74 Å². The fourth-order valence-electron chi connectivity index (χ4n) is 4.87. The van der Waals surface area contributed by atoms with E-state index in [1.807, 2.05) is 75.4 Å². The van der Waals surface area contributed by atoms with E-state index in [1.165, 1.54) is 24.1 Å². The number of nitrogens with one attached hydrogen (secondary N) is 1. The number of hydrogen-bond acceptors (Lipinski definition) is 5. The number of benzene rings is 4. The van der Waals surface area contributed by atoms with E-state index in [-0.39, 0.29) is 29.5 Å². The van der Waals surface area contributed by atoms with E-state index in [9.17, 15) is 18.0 Å². The Morgan fingerprint density at radius 1 is 0.818 bits per heavy atom. The lowest BCUT2D eigenvalue weighted by Crippen LogP contribution is -2.53. The number of nitrogens with zero attached hydrogens (tertiary/aromatic N) is 2. The predicted octanol–water partition coefficient (Wildman–Crippen LogP) is 5.28.